The van der Waals surface area contributed by atoms with Crippen LogP contribution in [0.15, 0.2) is 170 Å². The normalized spacial score (nSPS) is 15.0. The van der Waals surface area contributed by atoms with Gasteiger partial charge in [0.25, 0.3) is 0 Å². The van der Waals surface area contributed by atoms with Crippen molar-refractivity contribution in [1.82, 2.24) is 4.57 Å². The zero-order chi connectivity index (χ0) is 35.5. The summed E-state index contributed by atoms with van der Waals surface area (Å²) in [5, 5.41) is 2.43. The van der Waals surface area contributed by atoms with Crippen LogP contribution in [-0.4, -0.2) is 22.9 Å². The zero-order valence-corrected chi connectivity index (χ0v) is 30.0. The number of aromatic nitrogens is 1. The van der Waals surface area contributed by atoms with Crippen LogP contribution in [0.2, 0.25) is 0 Å². The van der Waals surface area contributed by atoms with E-state index in [4.69, 9.17) is 9.31 Å². The summed E-state index contributed by atoms with van der Waals surface area (Å²) in [5.41, 5.74) is 13.3. The zero-order valence-electron chi connectivity index (χ0n) is 30.0. The quantitative estimate of drug-likeness (QED) is 0.164. The van der Waals surface area contributed by atoms with Gasteiger partial charge in [0.1, 0.15) is 0 Å². The van der Waals surface area contributed by atoms with Crippen molar-refractivity contribution in [1.29, 1.82) is 0 Å². The van der Waals surface area contributed by atoms with Gasteiger partial charge < -0.3 is 13.9 Å². The van der Waals surface area contributed by atoms with E-state index in [0.717, 1.165) is 22.3 Å². The third-order valence-corrected chi connectivity index (χ3v) is 11.1. The van der Waals surface area contributed by atoms with Crippen LogP contribution in [0.5, 0.6) is 0 Å². The molecule has 52 heavy (non-hydrogen) atoms. The predicted octanol–water partition coefficient (Wildman–Crippen LogP) is 11.8. The number of fused-ring (bicyclic) bond motifs is 3. The van der Waals surface area contributed by atoms with Crippen molar-refractivity contribution in [3.8, 4) is 50.2 Å². The van der Waals surface area contributed by atoms with Gasteiger partial charge in [-0.3, -0.25) is 0 Å². The molecule has 252 valence electrons. The van der Waals surface area contributed by atoms with E-state index in [1.54, 1.807) is 0 Å². The molecule has 9 rings (SSSR count). The number of benzene rings is 7. The first-order valence-corrected chi connectivity index (χ1v) is 18.1. The van der Waals surface area contributed by atoms with E-state index in [9.17, 15) is 0 Å². The Labute approximate surface area is 306 Å². The molecule has 1 saturated heterocycles. The maximum atomic E-state index is 6.35. The second-order valence-corrected chi connectivity index (χ2v) is 14.8. The lowest BCUT2D eigenvalue weighted by Crippen LogP contribution is -2.41. The summed E-state index contributed by atoms with van der Waals surface area (Å²) in [5.74, 6) is 0. The van der Waals surface area contributed by atoms with Crippen LogP contribution < -0.4 is 5.46 Å². The summed E-state index contributed by atoms with van der Waals surface area (Å²) in [4.78, 5) is 0. The van der Waals surface area contributed by atoms with Gasteiger partial charge in [-0.25, -0.2) is 0 Å². The Morgan fingerprint density at radius 2 is 0.885 bits per heavy atom. The standard InChI is InChI=1S/C48H40BNO2/c1-47(2)48(3,4)52-49(51-47)40-25-20-36(21-26-40)38-24-29-45-43(30-38)44-32-39(34-16-10-6-11-17-34)31-42(37-18-12-7-13-19-37)46(44)50(45)41-27-22-35(23-28-41)33-14-8-5-9-15-33/h5-32H,1-4H3. The van der Waals surface area contributed by atoms with Gasteiger partial charge in [0.2, 0.25) is 0 Å². The largest absolute Gasteiger partial charge is 0.494 e. The van der Waals surface area contributed by atoms with Crippen molar-refractivity contribution in [2.24, 2.45) is 0 Å². The van der Waals surface area contributed by atoms with Crippen molar-refractivity contribution >= 4 is 34.4 Å². The van der Waals surface area contributed by atoms with E-state index in [0.29, 0.717) is 0 Å². The second kappa shape index (κ2) is 12.5. The SMILES string of the molecule is CC1(C)OB(c2ccc(-c3ccc4c(c3)c3cc(-c5ccccc5)cc(-c5ccccc5)c3n4-c3ccc(-c4ccccc4)cc3)cc2)OC1(C)C. The minimum atomic E-state index is -0.388. The van der Waals surface area contributed by atoms with Crippen molar-refractivity contribution in [2.75, 3.05) is 0 Å². The molecule has 0 radical (unpaired) electrons. The minimum absolute atomic E-state index is 0.380. The van der Waals surface area contributed by atoms with Crippen LogP contribution in [0.3, 0.4) is 0 Å². The van der Waals surface area contributed by atoms with Crippen molar-refractivity contribution in [3.63, 3.8) is 0 Å². The van der Waals surface area contributed by atoms with E-state index in [-0.39, 0.29) is 18.3 Å². The highest BCUT2D eigenvalue weighted by molar-refractivity contribution is 6.62. The van der Waals surface area contributed by atoms with Gasteiger partial charge in [0, 0.05) is 22.0 Å². The van der Waals surface area contributed by atoms with Crippen LogP contribution in [-0.2, 0) is 9.31 Å². The van der Waals surface area contributed by atoms with Gasteiger partial charge in [-0.15, -0.1) is 0 Å². The number of hydrogen-bond donors (Lipinski definition) is 0. The Morgan fingerprint density at radius 1 is 0.423 bits per heavy atom. The summed E-state index contributed by atoms with van der Waals surface area (Å²) in [6.07, 6.45) is 0. The van der Waals surface area contributed by atoms with Crippen molar-refractivity contribution in [2.45, 2.75) is 38.9 Å². The Balaban J connectivity index is 1.24. The molecule has 4 heteroatoms. The van der Waals surface area contributed by atoms with E-state index >= 15 is 0 Å². The van der Waals surface area contributed by atoms with Crippen LogP contribution in [0.4, 0.5) is 0 Å². The monoisotopic (exact) mass is 673 g/mol. The molecule has 1 fully saturated rings. The highest BCUT2D eigenvalue weighted by atomic mass is 16.7. The van der Waals surface area contributed by atoms with Crippen LogP contribution in [0, 0.1) is 0 Å². The average Bonchev–Trinajstić information content (AvgIpc) is 3.63. The molecule has 7 aromatic carbocycles. The Hall–Kier alpha value is -5.68. The molecule has 1 aromatic heterocycles. The third-order valence-electron chi connectivity index (χ3n) is 11.1. The molecule has 0 atom stereocenters. The Kier molecular flexibility index (Phi) is 7.77. The highest BCUT2D eigenvalue weighted by Gasteiger charge is 2.51. The molecule has 2 heterocycles. The molecule has 0 bridgehead atoms. The van der Waals surface area contributed by atoms with E-state index in [2.05, 4.69) is 202 Å². The maximum Gasteiger partial charge on any atom is 0.494 e. The van der Waals surface area contributed by atoms with Crippen LogP contribution in [0.1, 0.15) is 27.7 Å². The topological polar surface area (TPSA) is 23.4 Å². The molecule has 0 N–H and O–H groups in total. The summed E-state index contributed by atoms with van der Waals surface area (Å²) in [6, 6.07) is 61.3. The fourth-order valence-corrected chi connectivity index (χ4v) is 7.48. The van der Waals surface area contributed by atoms with E-state index < -0.39 is 0 Å². The fraction of sp³-hybridized carbons (Fsp3) is 0.125. The number of nitrogens with zero attached hydrogens (tertiary/aromatic N) is 1. The molecule has 0 saturated carbocycles. The molecule has 1 aliphatic heterocycles. The molecule has 8 aromatic rings. The Morgan fingerprint density at radius 3 is 1.48 bits per heavy atom. The predicted molar refractivity (Wildman–Crippen MR) is 218 cm³/mol. The lowest BCUT2D eigenvalue weighted by atomic mass is 9.78. The van der Waals surface area contributed by atoms with Crippen LogP contribution in [0.25, 0.3) is 72.0 Å². The first-order valence-electron chi connectivity index (χ1n) is 18.1. The Bertz CT molecular complexity index is 2520. The van der Waals surface area contributed by atoms with Gasteiger partial charge in [-0.05, 0) is 109 Å². The average molecular weight is 674 g/mol. The fourth-order valence-electron chi connectivity index (χ4n) is 7.48. The van der Waals surface area contributed by atoms with Gasteiger partial charge in [0.05, 0.1) is 22.2 Å². The molecule has 0 amide bonds. The summed E-state index contributed by atoms with van der Waals surface area (Å²) >= 11 is 0. The summed E-state index contributed by atoms with van der Waals surface area (Å²) < 4.78 is 15.1. The molecule has 0 aliphatic carbocycles. The van der Waals surface area contributed by atoms with Crippen LogP contribution >= 0.6 is 0 Å². The van der Waals surface area contributed by atoms with Gasteiger partial charge in [0.15, 0.2) is 0 Å². The van der Waals surface area contributed by atoms with Gasteiger partial charge in [-0.1, -0.05) is 133 Å². The van der Waals surface area contributed by atoms with Crippen molar-refractivity contribution in [3.05, 3.63) is 170 Å². The molecule has 1 aliphatic rings. The molecule has 0 unspecified atom stereocenters. The minimum Gasteiger partial charge on any atom is -0.399 e. The van der Waals surface area contributed by atoms with Gasteiger partial charge in [-0.2, -0.15) is 0 Å². The number of rotatable bonds is 6. The first-order chi connectivity index (χ1) is 25.3. The molecule has 3 nitrogen and oxygen atoms in total. The summed E-state index contributed by atoms with van der Waals surface area (Å²) in [7, 11) is -0.388. The number of hydrogen-bond acceptors (Lipinski definition) is 2. The summed E-state index contributed by atoms with van der Waals surface area (Å²) in [6.45, 7) is 8.38. The molecular weight excluding hydrogens is 633 g/mol. The second-order valence-electron chi connectivity index (χ2n) is 14.8. The van der Waals surface area contributed by atoms with Crippen molar-refractivity contribution < 1.29 is 9.31 Å². The smallest absolute Gasteiger partial charge is 0.399 e. The van der Waals surface area contributed by atoms with Gasteiger partial charge >= 0.3 is 7.12 Å². The highest BCUT2D eigenvalue weighted by Crippen LogP contribution is 2.43. The van der Waals surface area contributed by atoms with E-state index in [1.165, 1.54) is 55.2 Å². The molecule has 0 spiro atoms. The third kappa shape index (κ3) is 5.56. The first kappa shape index (κ1) is 32.2. The van der Waals surface area contributed by atoms with E-state index in [1.807, 2.05) is 0 Å². The maximum absolute atomic E-state index is 6.35. The lowest BCUT2D eigenvalue weighted by Gasteiger charge is -2.32. The molecular formula is C48H40BNO2. The lowest BCUT2D eigenvalue weighted by molar-refractivity contribution is 0.00578.